The third-order valence-electron chi connectivity index (χ3n) is 2.15. The molecule has 0 saturated heterocycles. The monoisotopic (exact) mass is 370 g/mol. The van der Waals surface area contributed by atoms with E-state index in [-0.39, 0.29) is 0 Å². The van der Waals surface area contributed by atoms with Crippen LogP contribution in [0.2, 0.25) is 0 Å². The highest BCUT2D eigenvalue weighted by Gasteiger charge is 1.86. The van der Waals surface area contributed by atoms with Crippen molar-refractivity contribution in [3.05, 3.63) is 68.6 Å². The summed E-state index contributed by atoms with van der Waals surface area (Å²) in [5.41, 5.74) is 2.57. The molecule has 0 fully saturated rings. The van der Waals surface area contributed by atoms with Crippen molar-refractivity contribution in [3.63, 3.8) is 0 Å². The fraction of sp³-hybridized carbons (Fsp3) is 0.250. The van der Waals surface area contributed by atoms with Gasteiger partial charge in [0, 0.05) is 8.95 Å². The third kappa shape index (κ3) is 6.97. The van der Waals surface area contributed by atoms with Crippen LogP contribution < -0.4 is 0 Å². The molecule has 0 saturated carbocycles. The summed E-state index contributed by atoms with van der Waals surface area (Å²) in [5, 5.41) is 0. The van der Waals surface area contributed by atoms with Crippen LogP contribution in [0.25, 0.3) is 0 Å². The first kappa shape index (κ1) is 17.4. The van der Waals surface area contributed by atoms with E-state index in [0.717, 1.165) is 0 Å². The summed E-state index contributed by atoms with van der Waals surface area (Å²) in [6.07, 6.45) is 0. The van der Waals surface area contributed by atoms with Crippen LogP contribution >= 0.6 is 31.9 Å². The van der Waals surface area contributed by atoms with Crippen LogP contribution in [0.5, 0.6) is 0 Å². The number of hydrogen-bond acceptors (Lipinski definition) is 0. The lowest BCUT2D eigenvalue weighted by Gasteiger charge is -1.91. The molecule has 0 bridgehead atoms. The molecule has 98 valence electrons. The van der Waals surface area contributed by atoms with Gasteiger partial charge < -0.3 is 0 Å². The molecule has 0 aliphatic carbocycles. The van der Waals surface area contributed by atoms with E-state index in [9.17, 15) is 0 Å². The summed E-state index contributed by atoms with van der Waals surface area (Å²) in [6, 6.07) is 16.3. The Balaban J connectivity index is 0.000000283. The van der Waals surface area contributed by atoms with Crippen molar-refractivity contribution in [1.29, 1.82) is 0 Å². The fourth-order valence-electron chi connectivity index (χ4n) is 1.10. The first-order valence-corrected chi connectivity index (χ1v) is 7.62. The van der Waals surface area contributed by atoms with Crippen molar-refractivity contribution in [2.45, 2.75) is 27.7 Å². The number of benzene rings is 2. The van der Waals surface area contributed by atoms with Gasteiger partial charge in [-0.15, -0.1) is 0 Å². The predicted octanol–water partition coefficient (Wildman–Crippen LogP) is 6.54. The molecule has 0 aliphatic rings. The lowest BCUT2D eigenvalue weighted by molar-refractivity contribution is 1.43. The first-order valence-electron chi connectivity index (χ1n) is 6.03. The van der Waals surface area contributed by atoms with Gasteiger partial charge >= 0.3 is 0 Å². The van der Waals surface area contributed by atoms with Gasteiger partial charge in [-0.25, -0.2) is 0 Å². The molecule has 18 heavy (non-hydrogen) atoms. The predicted molar refractivity (Wildman–Crippen MR) is 89.1 cm³/mol. The maximum Gasteiger partial charge on any atom is 0.0204 e. The van der Waals surface area contributed by atoms with Gasteiger partial charge in [0.1, 0.15) is 0 Å². The number of halogens is 2. The minimum atomic E-state index is 1.18. The zero-order chi connectivity index (χ0) is 14.0. The van der Waals surface area contributed by atoms with Crippen molar-refractivity contribution < 1.29 is 0 Å². The normalized spacial score (nSPS) is 8.56. The zero-order valence-electron chi connectivity index (χ0n) is 11.4. The van der Waals surface area contributed by atoms with Crippen molar-refractivity contribution in [3.8, 4) is 0 Å². The summed E-state index contributed by atoms with van der Waals surface area (Å²) in [5.74, 6) is 0. The van der Waals surface area contributed by atoms with E-state index in [4.69, 9.17) is 0 Å². The Morgan fingerprint density at radius 1 is 0.611 bits per heavy atom. The molecule has 0 heterocycles. The van der Waals surface area contributed by atoms with E-state index in [2.05, 4.69) is 57.8 Å². The molecule has 2 aromatic carbocycles. The minimum absolute atomic E-state index is 1.18. The molecule has 0 aromatic heterocycles. The lowest BCUT2D eigenvalue weighted by Crippen LogP contribution is -1.69. The van der Waals surface area contributed by atoms with Crippen molar-refractivity contribution in [1.82, 2.24) is 0 Å². The van der Waals surface area contributed by atoms with Crippen molar-refractivity contribution in [2.75, 3.05) is 0 Å². The molecule has 0 N–H and O–H groups in total. The summed E-state index contributed by atoms with van der Waals surface area (Å²) in [6.45, 7) is 8.15. The molecule has 0 atom stereocenters. The summed E-state index contributed by atoms with van der Waals surface area (Å²) in [4.78, 5) is 0. The van der Waals surface area contributed by atoms with Gasteiger partial charge in [-0.3, -0.25) is 0 Å². The Labute approximate surface area is 128 Å². The van der Waals surface area contributed by atoms with Gasteiger partial charge in [-0.1, -0.05) is 82.1 Å². The number of hydrogen-bond donors (Lipinski definition) is 0. The highest BCUT2D eigenvalue weighted by Crippen LogP contribution is 2.13. The Kier molecular flexibility index (Phi) is 9.99. The molecule has 0 amide bonds. The van der Waals surface area contributed by atoms with E-state index in [1.54, 1.807) is 0 Å². The molecular weight excluding hydrogens is 352 g/mol. The quantitative estimate of drug-likeness (QED) is 0.493. The summed E-state index contributed by atoms with van der Waals surface area (Å²) < 4.78 is 2.36. The molecular formula is C16H20Br2. The second kappa shape index (κ2) is 10.3. The Morgan fingerprint density at radius 2 is 0.889 bits per heavy atom. The number of rotatable bonds is 0. The summed E-state index contributed by atoms with van der Waals surface area (Å²) in [7, 11) is 0. The van der Waals surface area contributed by atoms with Gasteiger partial charge in [-0.05, 0) is 37.1 Å². The Morgan fingerprint density at radius 3 is 1.06 bits per heavy atom. The smallest absolute Gasteiger partial charge is 0.0204 e. The van der Waals surface area contributed by atoms with Crippen LogP contribution in [-0.2, 0) is 0 Å². The molecule has 0 nitrogen and oxygen atoms in total. The van der Waals surface area contributed by atoms with Crippen LogP contribution in [0.1, 0.15) is 25.0 Å². The second-order valence-electron chi connectivity index (χ2n) is 3.50. The Hall–Kier alpha value is -0.600. The number of aryl methyl sites for hydroxylation is 2. The van der Waals surface area contributed by atoms with Crippen LogP contribution in [0.3, 0.4) is 0 Å². The average molecular weight is 372 g/mol. The molecule has 2 aromatic rings. The van der Waals surface area contributed by atoms with E-state index < -0.39 is 0 Å². The summed E-state index contributed by atoms with van der Waals surface area (Å²) >= 11 is 6.79. The Bertz CT molecular complexity index is 365. The second-order valence-corrected chi connectivity index (χ2v) is 5.21. The fourth-order valence-corrected chi connectivity index (χ4v) is 1.67. The molecule has 0 radical (unpaired) electrons. The minimum Gasteiger partial charge on any atom is -0.0683 e. The van der Waals surface area contributed by atoms with Crippen LogP contribution in [0, 0.1) is 13.8 Å². The van der Waals surface area contributed by atoms with Gasteiger partial charge in [0.2, 0.25) is 0 Å². The van der Waals surface area contributed by atoms with Gasteiger partial charge in [0.15, 0.2) is 0 Å². The standard InChI is InChI=1S/2C7H7Br.C2H6/c2*1-6-4-2-3-5-7(6)8;1-2/h2*2-5H,1H3;1-2H3. The zero-order valence-corrected chi connectivity index (χ0v) is 14.5. The first-order chi connectivity index (χ1) is 8.61. The van der Waals surface area contributed by atoms with Crippen molar-refractivity contribution in [2.24, 2.45) is 0 Å². The molecule has 2 heteroatoms. The van der Waals surface area contributed by atoms with E-state index in [0.29, 0.717) is 0 Å². The largest absolute Gasteiger partial charge is 0.0683 e. The van der Waals surface area contributed by atoms with Crippen LogP contribution in [-0.4, -0.2) is 0 Å². The van der Waals surface area contributed by atoms with Crippen molar-refractivity contribution >= 4 is 31.9 Å². The van der Waals surface area contributed by atoms with Crippen LogP contribution in [0.4, 0.5) is 0 Å². The van der Waals surface area contributed by atoms with E-state index in [1.807, 2.05) is 50.2 Å². The van der Waals surface area contributed by atoms with E-state index in [1.165, 1.54) is 20.1 Å². The SMILES string of the molecule is CC.Cc1ccccc1Br.Cc1ccccc1Br. The van der Waals surface area contributed by atoms with Gasteiger partial charge in [0.05, 0.1) is 0 Å². The molecule has 2 rings (SSSR count). The highest BCUT2D eigenvalue weighted by atomic mass is 79.9. The maximum absolute atomic E-state index is 3.40. The van der Waals surface area contributed by atoms with E-state index >= 15 is 0 Å². The highest BCUT2D eigenvalue weighted by molar-refractivity contribution is 9.10. The lowest BCUT2D eigenvalue weighted by atomic mass is 10.2. The molecule has 0 spiro atoms. The third-order valence-corrected chi connectivity index (χ3v) is 3.93. The molecule has 0 unspecified atom stereocenters. The van der Waals surface area contributed by atoms with Gasteiger partial charge in [-0.2, -0.15) is 0 Å². The average Bonchev–Trinajstić information content (AvgIpc) is 2.40. The topological polar surface area (TPSA) is 0 Å². The van der Waals surface area contributed by atoms with Crippen LogP contribution in [0.15, 0.2) is 57.5 Å². The van der Waals surface area contributed by atoms with Gasteiger partial charge in [0.25, 0.3) is 0 Å². The maximum atomic E-state index is 3.40. The molecule has 0 aliphatic heterocycles.